The van der Waals surface area contributed by atoms with Crippen LogP contribution in [0.1, 0.15) is 6.23 Å². The number of hydrogen-bond donors (Lipinski definition) is 8. The van der Waals surface area contributed by atoms with Crippen LogP contribution in [0.15, 0.2) is 12.7 Å². The quantitative estimate of drug-likeness (QED) is 0.115. The number of fused-ring (bicyclic) bond motifs is 1. The molecule has 0 aliphatic carbocycles. The largest absolute Gasteiger partial charge is 0.756 e. The number of aromatic nitrogens is 4. The minimum absolute atomic E-state index is 0.0160. The number of aliphatic hydroxyl groups is 7. The van der Waals surface area contributed by atoms with E-state index >= 15 is 0 Å². The standard InChI is InChI=1S/C17H27N5O16P2/c18-14-7-15(20-3-19-14)22(4-21-7)16-11(28)8(25)6(35-16)2-34-39(30,31)38-40(32,33)37-17-12(29)9(26)10(27)13(36-17)5(24)1-23/h3-6,8-13,16-17,23-29H,1-2H2,(H,30,31)(H,32,33)(H2,18,19,20)/p-2/t5-,6-,8-,9+,10+,11-,12+,13-,16-,17?/m1/s1. The summed E-state index contributed by atoms with van der Waals surface area (Å²) < 4.78 is 48.6. The van der Waals surface area contributed by atoms with Crippen molar-refractivity contribution in [2.75, 3.05) is 18.9 Å². The second-order valence-corrected chi connectivity index (χ2v) is 11.6. The maximum absolute atomic E-state index is 12.2. The molecule has 2 aliphatic rings. The Morgan fingerprint density at radius 3 is 2.38 bits per heavy atom. The van der Waals surface area contributed by atoms with Gasteiger partial charge in [0.25, 0.3) is 15.6 Å². The number of rotatable bonds is 10. The van der Waals surface area contributed by atoms with E-state index in [0.29, 0.717) is 0 Å². The zero-order valence-electron chi connectivity index (χ0n) is 19.9. The summed E-state index contributed by atoms with van der Waals surface area (Å²) in [5.74, 6) is 0.0160. The molecule has 9 N–H and O–H groups in total. The third kappa shape index (κ3) is 6.35. The highest BCUT2D eigenvalue weighted by Gasteiger charge is 2.48. The molecule has 4 heterocycles. The molecule has 2 aromatic rings. The van der Waals surface area contributed by atoms with Crippen molar-refractivity contribution in [2.45, 2.75) is 61.3 Å². The van der Waals surface area contributed by atoms with E-state index < -0.39 is 90.2 Å². The molecule has 0 aromatic carbocycles. The van der Waals surface area contributed by atoms with E-state index in [1.54, 1.807) is 0 Å². The predicted octanol–water partition coefficient (Wildman–Crippen LogP) is -5.82. The van der Waals surface area contributed by atoms with Gasteiger partial charge >= 0.3 is 0 Å². The third-order valence-corrected chi connectivity index (χ3v) is 8.53. The van der Waals surface area contributed by atoms with Gasteiger partial charge in [0, 0.05) is 0 Å². The Morgan fingerprint density at radius 2 is 1.70 bits per heavy atom. The maximum atomic E-state index is 12.2. The van der Waals surface area contributed by atoms with Gasteiger partial charge in [0.15, 0.2) is 24.0 Å². The molecule has 3 unspecified atom stereocenters. The predicted molar refractivity (Wildman–Crippen MR) is 119 cm³/mol. The van der Waals surface area contributed by atoms with Gasteiger partial charge in [-0.3, -0.25) is 18.2 Å². The molecule has 0 amide bonds. The van der Waals surface area contributed by atoms with Crippen molar-refractivity contribution in [3.05, 3.63) is 12.7 Å². The van der Waals surface area contributed by atoms with Gasteiger partial charge in [-0.15, -0.1) is 0 Å². The van der Waals surface area contributed by atoms with Gasteiger partial charge < -0.3 is 65.3 Å². The Hall–Kier alpha value is -1.75. The van der Waals surface area contributed by atoms with Crippen LogP contribution < -0.4 is 15.5 Å². The topological polar surface area (TPSA) is 338 Å². The van der Waals surface area contributed by atoms with Crippen molar-refractivity contribution in [1.29, 1.82) is 0 Å². The van der Waals surface area contributed by atoms with Crippen molar-refractivity contribution < 1.29 is 77.5 Å². The average Bonchev–Trinajstić information content (AvgIpc) is 3.43. The van der Waals surface area contributed by atoms with Crippen LogP contribution in [-0.2, 0) is 32.0 Å². The van der Waals surface area contributed by atoms with E-state index in [1.807, 2.05) is 0 Å². The van der Waals surface area contributed by atoms with Crippen LogP contribution in [0.3, 0.4) is 0 Å². The number of nitrogen functional groups attached to an aromatic ring is 1. The molecule has 40 heavy (non-hydrogen) atoms. The number of aliphatic hydroxyl groups excluding tert-OH is 7. The highest BCUT2D eigenvalue weighted by molar-refractivity contribution is 7.59. The van der Waals surface area contributed by atoms with Crippen LogP contribution in [-0.4, -0.2) is 124 Å². The Balaban J connectivity index is 1.38. The summed E-state index contributed by atoms with van der Waals surface area (Å²) in [6, 6.07) is 0. The van der Waals surface area contributed by atoms with Crippen LogP contribution in [0.2, 0.25) is 0 Å². The average molecular weight is 617 g/mol. The summed E-state index contributed by atoms with van der Waals surface area (Å²) >= 11 is 0. The summed E-state index contributed by atoms with van der Waals surface area (Å²) in [5, 5.41) is 69.1. The van der Waals surface area contributed by atoms with Crippen LogP contribution in [0.25, 0.3) is 11.2 Å². The minimum Gasteiger partial charge on any atom is -0.756 e. The number of hydrogen-bond acceptors (Lipinski definition) is 20. The summed E-state index contributed by atoms with van der Waals surface area (Å²) in [5.41, 5.74) is 5.98. The molecule has 0 saturated carbocycles. The first-order valence-corrected chi connectivity index (χ1v) is 14.2. The molecule has 21 nitrogen and oxygen atoms in total. The van der Waals surface area contributed by atoms with E-state index in [-0.39, 0.29) is 17.0 Å². The van der Waals surface area contributed by atoms with Gasteiger partial charge in [-0.25, -0.2) is 19.3 Å². The van der Waals surface area contributed by atoms with Crippen molar-refractivity contribution in [2.24, 2.45) is 0 Å². The van der Waals surface area contributed by atoms with E-state index in [0.717, 1.165) is 6.33 Å². The second kappa shape index (κ2) is 11.9. The van der Waals surface area contributed by atoms with Gasteiger partial charge in [0.2, 0.25) is 0 Å². The van der Waals surface area contributed by atoms with Crippen LogP contribution in [0.4, 0.5) is 5.82 Å². The molecule has 12 atom stereocenters. The lowest BCUT2D eigenvalue weighted by atomic mass is 9.96. The molecule has 0 spiro atoms. The minimum atomic E-state index is -5.97. The Bertz CT molecular complexity index is 1290. The zero-order valence-corrected chi connectivity index (χ0v) is 21.7. The molecular weight excluding hydrogens is 592 g/mol. The molecule has 4 rings (SSSR count). The number of nitrogens with zero attached hydrogens (tertiary/aromatic N) is 4. The Morgan fingerprint density at radius 1 is 1.00 bits per heavy atom. The van der Waals surface area contributed by atoms with Gasteiger partial charge in [-0.1, -0.05) is 0 Å². The van der Waals surface area contributed by atoms with Gasteiger partial charge in [-0.05, 0) is 0 Å². The van der Waals surface area contributed by atoms with E-state index in [9.17, 15) is 49.6 Å². The summed E-state index contributed by atoms with van der Waals surface area (Å²) in [7, 11) is -11.8. The van der Waals surface area contributed by atoms with Crippen molar-refractivity contribution >= 4 is 32.6 Å². The molecule has 2 aliphatic heterocycles. The first-order chi connectivity index (χ1) is 18.7. The zero-order chi connectivity index (χ0) is 29.6. The molecule has 0 bridgehead atoms. The number of phosphoric acid groups is 2. The molecule has 2 fully saturated rings. The molecule has 2 saturated heterocycles. The molecular formula is C17H25N5O16P2-2. The van der Waals surface area contributed by atoms with Crippen LogP contribution in [0, 0.1) is 0 Å². The van der Waals surface area contributed by atoms with Gasteiger partial charge in [0.05, 0.1) is 19.5 Å². The van der Waals surface area contributed by atoms with Crippen LogP contribution >= 0.6 is 15.6 Å². The first-order valence-electron chi connectivity index (χ1n) is 11.3. The first kappa shape index (κ1) is 31.2. The number of ether oxygens (including phenoxy) is 2. The smallest absolute Gasteiger partial charge is 0.276 e. The Kier molecular flexibility index (Phi) is 9.25. The highest BCUT2D eigenvalue weighted by atomic mass is 31.3. The van der Waals surface area contributed by atoms with E-state index in [4.69, 9.17) is 20.3 Å². The lowest BCUT2D eigenvalue weighted by Gasteiger charge is -2.43. The number of phosphoric ester groups is 2. The summed E-state index contributed by atoms with van der Waals surface area (Å²) in [6.07, 6.45) is -16.5. The second-order valence-electron chi connectivity index (χ2n) is 8.70. The lowest BCUT2D eigenvalue weighted by molar-refractivity contribution is -0.313. The monoisotopic (exact) mass is 617 g/mol. The van der Waals surface area contributed by atoms with Crippen molar-refractivity contribution in [3.63, 3.8) is 0 Å². The normalized spacial score (nSPS) is 36.8. The number of nitrogens with two attached hydrogens (primary N) is 1. The molecule has 226 valence electrons. The molecule has 23 heteroatoms. The van der Waals surface area contributed by atoms with Crippen LogP contribution in [0.5, 0.6) is 0 Å². The SMILES string of the molecule is Nc1ncnc2c1ncn2[C@@H]1O[C@H](COP(=O)([O-])OP(=O)([O-])OC2O[C@H]([C@H](O)CO)[C@@H](O)[C@H](O)[C@@H]2O)[C@@H](O)[C@H]1O. The summed E-state index contributed by atoms with van der Waals surface area (Å²) in [6.45, 7) is -2.06. The Labute approximate surface area is 223 Å². The summed E-state index contributed by atoms with van der Waals surface area (Å²) in [4.78, 5) is 36.1. The molecule has 0 radical (unpaired) electrons. The highest BCUT2D eigenvalue weighted by Crippen LogP contribution is 2.57. The molecule has 2 aromatic heterocycles. The maximum Gasteiger partial charge on any atom is 0.276 e. The van der Waals surface area contributed by atoms with Crippen molar-refractivity contribution in [3.8, 4) is 0 Å². The van der Waals surface area contributed by atoms with E-state index in [2.05, 4.69) is 28.3 Å². The van der Waals surface area contributed by atoms with Crippen molar-refractivity contribution in [1.82, 2.24) is 19.5 Å². The fraction of sp³-hybridized carbons (Fsp3) is 0.706. The van der Waals surface area contributed by atoms with Gasteiger partial charge in [0.1, 0.15) is 60.7 Å². The fourth-order valence-electron chi connectivity index (χ4n) is 3.99. The van der Waals surface area contributed by atoms with E-state index in [1.165, 1.54) is 10.9 Å². The number of anilines is 1. The van der Waals surface area contributed by atoms with Gasteiger partial charge in [-0.2, -0.15) is 0 Å². The lowest BCUT2D eigenvalue weighted by Crippen LogP contribution is -2.61. The number of imidazole rings is 1. The third-order valence-electron chi connectivity index (χ3n) is 6.00. The fourth-order valence-corrected chi connectivity index (χ4v) is 6.07.